The molecule has 0 saturated heterocycles. The van der Waals surface area contributed by atoms with Gasteiger partial charge in [-0.25, -0.2) is 4.39 Å². The summed E-state index contributed by atoms with van der Waals surface area (Å²) in [6.45, 7) is 0.0771. The quantitative estimate of drug-likeness (QED) is 0.678. The highest BCUT2D eigenvalue weighted by Gasteiger charge is 2.17. The predicted octanol–water partition coefficient (Wildman–Crippen LogP) is 2.98. The van der Waals surface area contributed by atoms with Gasteiger partial charge in [-0.3, -0.25) is 10.1 Å². The summed E-state index contributed by atoms with van der Waals surface area (Å²) in [5.74, 6) is -0.715. The Hall–Kier alpha value is -2.47. The molecule has 2 N–H and O–H groups in total. The molecule has 2 aromatic rings. The molecule has 0 heterocycles. The van der Waals surface area contributed by atoms with Crippen LogP contribution in [-0.4, -0.2) is 4.92 Å². The first kappa shape index (κ1) is 13.0. The van der Waals surface area contributed by atoms with E-state index in [2.05, 4.69) is 0 Å². The van der Waals surface area contributed by atoms with Crippen LogP contribution >= 0.6 is 0 Å². The molecule has 19 heavy (non-hydrogen) atoms. The Labute approximate surface area is 108 Å². The van der Waals surface area contributed by atoms with Crippen molar-refractivity contribution in [2.75, 3.05) is 0 Å². The molecule has 0 aliphatic rings. The van der Waals surface area contributed by atoms with E-state index in [1.54, 1.807) is 12.1 Å². The summed E-state index contributed by atoms with van der Waals surface area (Å²) in [4.78, 5) is 10.3. The molecule has 0 amide bonds. The summed E-state index contributed by atoms with van der Waals surface area (Å²) in [5, 5.41) is 10.9. The zero-order valence-corrected chi connectivity index (χ0v) is 9.88. The molecule has 0 unspecified atom stereocenters. The van der Waals surface area contributed by atoms with Gasteiger partial charge in [0.2, 0.25) is 5.75 Å². The first-order valence-corrected chi connectivity index (χ1v) is 5.52. The van der Waals surface area contributed by atoms with E-state index in [0.717, 1.165) is 0 Å². The average molecular weight is 262 g/mol. The van der Waals surface area contributed by atoms with Gasteiger partial charge in [-0.15, -0.1) is 0 Å². The maximum absolute atomic E-state index is 13.7. The molecular formula is C13H11FN2O3. The second-order valence-electron chi connectivity index (χ2n) is 3.76. The molecule has 5 nitrogen and oxygen atoms in total. The van der Waals surface area contributed by atoms with Crippen LogP contribution in [0.15, 0.2) is 42.5 Å². The molecule has 0 aliphatic carbocycles. The largest absolute Gasteiger partial charge is 0.447 e. The lowest BCUT2D eigenvalue weighted by molar-refractivity contribution is -0.385. The third-order valence-corrected chi connectivity index (χ3v) is 2.54. The summed E-state index contributed by atoms with van der Waals surface area (Å²) in [7, 11) is 0. The van der Waals surface area contributed by atoms with Crippen molar-refractivity contribution >= 4 is 5.69 Å². The summed E-state index contributed by atoms with van der Waals surface area (Å²) in [6, 6.07) is 10.1. The van der Waals surface area contributed by atoms with Crippen molar-refractivity contribution in [2.24, 2.45) is 5.73 Å². The Bertz CT molecular complexity index is 617. The highest BCUT2D eigenvalue weighted by atomic mass is 19.1. The molecule has 2 rings (SSSR count). The third kappa shape index (κ3) is 2.69. The lowest BCUT2D eigenvalue weighted by Crippen LogP contribution is -2.02. The number of para-hydroxylation sites is 3. The highest BCUT2D eigenvalue weighted by Crippen LogP contribution is 2.33. The van der Waals surface area contributed by atoms with Crippen LogP contribution < -0.4 is 10.5 Å². The van der Waals surface area contributed by atoms with Gasteiger partial charge in [0.15, 0.2) is 11.6 Å². The second-order valence-corrected chi connectivity index (χ2v) is 3.76. The van der Waals surface area contributed by atoms with E-state index in [9.17, 15) is 14.5 Å². The number of nitro benzene ring substituents is 1. The van der Waals surface area contributed by atoms with Gasteiger partial charge < -0.3 is 10.5 Å². The fourth-order valence-electron chi connectivity index (χ4n) is 1.63. The fourth-order valence-corrected chi connectivity index (χ4v) is 1.63. The number of nitro groups is 1. The molecule has 2 aromatic carbocycles. The van der Waals surface area contributed by atoms with Crippen molar-refractivity contribution in [2.45, 2.75) is 6.54 Å². The van der Waals surface area contributed by atoms with Crippen molar-refractivity contribution in [1.29, 1.82) is 0 Å². The molecule has 0 spiro atoms. The number of nitrogens with two attached hydrogens (primary N) is 1. The van der Waals surface area contributed by atoms with Crippen LogP contribution in [0, 0.1) is 15.9 Å². The third-order valence-electron chi connectivity index (χ3n) is 2.54. The minimum atomic E-state index is -0.610. The Balaban J connectivity index is 2.45. The fraction of sp³-hybridized carbons (Fsp3) is 0.0769. The van der Waals surface area contributed by atoms with Crippen LogP contribution in [0.1, 0.15) is 5.56 Å². The maximum atomic E-state index is 13.7. The topological polar surface area (TPSA) is 78.4 Å². The van der Waals surface area contributed by atoms with Gasteiger partial charge >= 0.3 is 5.69 Å². The van der Waals surface area contributed by atoms with E-state index in [4.69, 9.17) is 10.5 Å². The molecule has 0 radical (unpaired) electrons. The van der Waals surface area contributed by atoms with Crippen LogP contribution in [0.4, 0.5) is 10.1 Å². The Morgan fingerprint density at radius 1 is 1.21 bits per heavy atom. The number of ether oxygens (including phenoxy) is 1. The van der Waals surface area contributed by atoms with Crippen molar-refractivity contribution in [1.82, 2.24) is 0 Å². The molecule has 0 bridgehead atoms. The monoisotopic (exact) mass is 262 g/mol. The standard InChI is InChI=1S/C13H11FN2O3/c14-10-5-3-4-9(8-15)13(10)19-12-7-2-1-6-11(12)16(17)18/h1-7H,8,15H2. The van der Waals surface area contributed by atoms with Gasteiger partial charge in [-0.2, -0.15) is 0 Å². The number of hydrogen-bond acceptors (Lipinski definition) is 4. The smallest absolute Gasteiger partial charge is 0.311 e. The molecular weight excluding hydrogens is 251 g/mol. The average Bonchev–Trinajstić information content (AvgIpc) is 2.41. The van der Waals surface area contributed by atoms with Crippen LogP contribution in [0.5, 0.6) is 11.5 Å². The number of nitrogens with zero attached hydrogens (tertiary/aromatic N) is 1. The van der Waals surface area contributed by atoms with Crippen molar-refractivity contribution in [3.63, 3.8) is 0 Å². The van der Waals surface area contributed by atoms with E-state index in [1.165, 1.54) is 30.3 Å². The number of benzene rings is 2. The molecule has 6 heteroatoms. The highest BCUT2D eigenvalue weighted by molar-refractivity contribution is 5.49. The van der Waals surface area contributed by atoms with Gasteiger partial charge in [0, 0.05) is 18.2 Å². The van der Waals surface area contributed by atoms with E-state index >= 15 is 0 Å². The van der Waals surface area contributed by atoms with Crippen LogP contribution in [0.3, 0.4) is 0 Å². The normalized spacial score (nSPS) is 10.2. The minimum absolute atomic E-state index is 0.0210. The first-order valence-electron chi connectivity index (χ1n) is 5.52. The van der Waals surface area contributed by atoms with Gasteiger partial charge in [0.1, 0.15) is 0 Å². The number of halogens is 1. The molecule has 0 saturated carbocycles. The maximum Gasteiger partial charge on any atom is 0.311 e. The first-order chi connectivity index (χ1) is 9.13. The lowest BCUT2D eigenvalue weighted by atomic mass is 10.2. The summed E-state index contributed by atoms with van der Waals surface area (Å²) >= 11 is 0. The number of rotatable bonds is 4. The van der Waals surface area contributed by atoms with E-state index in [-0.39, 0.29) is 23.7 Å². The molecule has 0 aromatic heterocycles. The molecule has 0 atom stereocenters. The Kier molecular flexibility index (Phi) is 3.72. The van der Waals surface area contributed by atoms with E-state index < -0.39 is 10.7 Å². The SMILES string of the molecule is NCc1cccc(F)c1Oc1ccccc1[N+](=O)[O-]. The van der Waals surface area contributed by atoms with Gasteiger partial charge in [-0.1, -0.05) is 24.3 Å². The molecule has 0 aliphatic heterocycles. The predicted molar refractivity (Wildman–Crippen MR) is 67.5 cm³/mol. The van der Waals surface area contributed by atoms with Crippen LogP contribution in [0.25, 0.3) is 0 Å². The molecule has 98 valence electrons. The van der Waals surface area contributed by atoms with Crippen LogP contribution in [-0.2, 0) is 6.54 Å². The van der Waals surface area contributed by atoms with Crippen molar-refractivity contribution < 1.29 is 14.1 Å². The zero-order chi connectivity index (χ0) is 13.8. The van der Waals surface area contributed by atoms with Crippen LogP contribution in [0.2, 0.25) is 0 Å². The van der Waals surface area contributed by atoms with Crippen molar-refractivity contribution in [3.05, 3.63) is 64.0 Å². The van der Waals surface area contributed by atoms with Gasteiger partial charge in [0.05, 0.1) is 4.92 Å². The van der Waals surface area contributed by atoms with Gasteiger partial charge in [-0.05, 0) is 12.1 Å². The van der Waals surface area contributed by atoms with Gasteiger partial charge in [0.25, 0.3) is 0 Å². The summed E-state index contributed by atoms with van der Waals surface area (Å²) in [5.41, 5.74) is 5.71. The minimum Gasteiger partial charge on any atom is -0.447 e. The zero-order valence-electron chi connectivity index (χ0n) is 9.88. The second kappa shape index (κ2) is 5.45. The number of hydrogen-bond donors (Lipinski definition) is 1. The Morgan fingerprint density at radius 3 is 2.63 bits per heavy atom. The molecule has 0 fully saturated rings. The summed E-state index contributed by atoms with van der Waals surface area (Å²) in [6.07, 6.45) is 0. The Morgan fingerprint density at radius 2 is 1.95 bits per heavy atom. The van der Waals surface area contributed by atoms with E-state index in [1.807, 2.05) is 0 Å². The van der Waals surface area contributed by atoms with Crippen molar-refractivity contribution in [3.8, 4) is 11.5 Å². The summed E-state index contributed by atoms with van der Waals surface area (Å²) < 4.78 is 19.0. The van der Waals surface area contributed by atoms with E-state index in [0.29, 0.717) is 5.56 Å². The lowest BCUT2D eigenvalue weighted by Gasteiger charge is -2.10.